The van der Waals surface area contributed by atoms with Crippen LogP contribution in [0.25, 0.3) is 0 Å². The van der Waals surface area contributed by atoms with Crippen molar-refractivity contribution in [1.82, 2.24) is 4.98 Å². The molecule has 0 spiro atoms. The molecule has 0 atom stereocenters. The first-order chi connectivity index (χ1) is 8.06. The van der Waals surface area contributed by atoms with E-state index in [2.05, 4.69) is 39.2 Å². The summed E-state index contributed by atoms with van der Waals surface area (Å²) >= 11 is 3.45. The lowest BCUT2D eigenvalue weighted by Gasteiger charge is -2.11. The number of anilines is 3. The molecule has 1 aromatic carbocycles. The zero-order chi connectivity index (χ0) is 12.4. The summed E-state index contributed by atoms with van der Waals surface area (Å²) in [7, 11) is 0. The topological polar surface area (TPSA) is 50.9 Å². The number of pyridine rings is 1. The second kappa shape index (κ2) is 4.75. The Morgan fingerprint density at radius 2 is 1.94 bits per heavy atom. The van der Waals surface area contributed by atoms with Crippen molar-refractivity contribution in [3.05, 3.63) is 46.1 Å². The van der Waals surface area contributed by atoms with Crippen LogP contribution in [0.4, 0.5) is 17.2 Å². The fourth-order valence-electron chi connectivity index (χ4n) is 1.62. The molecule has 4 heteroatoms. The van der Waals surface area contributed by atoms with Gasteiger partial charge in [0.25, 0.3) is 0 Å². The lowest BCUT2D eigenvalue weighted by atomic mass is 10.2. The highest BCUT2D eigenvalue weighted by atomic mass is 79.9. The molecule has 0 saturated heterocycles. The maximum Gasteiger partial charge on any atom is 0.133 e. The van der Waals surface area contributed by atoms with Gasteiger partial charge < -0.3 is 11.1 Å². The maximum absolute atomic E-state index is 5.67. The van der Waals surface area contributed by atoms with Crippen LogP contribution in [0.5, 0.6) is 0 Å². The Kier molecular flexibility index (Phi) is 3.33. The first-order valence-electron chi connectivity index (χ1n) is 5.31. The summed E-state index contributed by atoms with van der Waals surface area (Å²) in [6.45, 7) is 4.04. The van der Waals surface area contributed by atoms with Gasteiger partial charge in [0, 0.05) is 10.2 Å². The quantitative estimate of drug-likeness (QED) is 0.885. The number of nitrogen functional groups attached to an aromatic ring is 1. The van der Waals surface area contributed by atoms with Gasteiger partial charge >= 0.3 is 0 Å². The second-order valence-electron chi connectivity index (χ2n) is 4.02. The van der Waals surface area contributed by atoms with Crippen LogP contribution in [-0.2, 0) is 0 Å². The molecule has 0 unspecified atom stereocenters. The van der Waals surface area contributed by atoms with Crippen LogP contribution in [0.3, 0.4) is 0 Å². The van der Waals surface area contributed by atoms with Crippen molar-refractivity contribution < 1.29 is 0 Å². The number of rotatable bonds is 2. The molecule has 88 valence electrons. The van der Waals surface area contributed by atoms with Crippen LogP contribution in [0.15, 0.2) is 34.9 Å². The number of hydrogen-bond donors (Lipinski definition) is 2. The van der Waals surface area contributed by atoms with Gasteiger partial charge in [-0.25, -0.2) is 4.98 Å². The molecular formula is C13H14BrN3. The molecule has 0 bridgehead atoms. The van der Waals surface area contributed by atoms with E-state index in [4.69, 9.17) is 5.73 Å². The smallest absolute Gasteiger partial charge is 0.133 e. The molecule has 1 aromatic heterocycles. The van der Waals surface area contributed by atoms with Crippen LogP contribution >= 0.6 is 15.9 Å². The summed E-state index contributed by atoms with van der Waals surface area (Å²) in [6.07, 6.45) is 1.66. The molecule has 0 fully saturated rings. The van der Waals surface area contributed by atoms with E-state index < -0.39 is 0 Å². The van der Waals surface area contributed by atoms with Crippen molar-refractivity contribution in [2.75, 3.05) is 11.1 Å². The minimum Gasteiger partial charge on any atom is -0.397 e. The van der Waals surface area contributed by atoms with Gasteiger partial charge in [0.05, 0.1) is 11.9 Å². The third kappa shape index (κ3) is 2.77. The van der Waals surface area contributed by atoms with E-state index >= 15 is 0 Å². The summed E-state index contributed by atoms with van der Waals surface area (Å²) in [6, 6.07) is 8.00. The number of halogens is 1. The average Bonchev–Trinajstić information content (AvgIpc) is 2.25. The van der Waals surface area contributed by atoms with Crippen molar-refractivity contribution >= 4 is 33.1 Å². The zero-order valence-electron chi connectivity index (χ0n) is 9.79. The first-order valence-corrected chi connectivity index (χ1v) is 6.11. The maximum atomic E-state index is 5.67. The Bertz CT molecular complexity index is 503. The van der Waals surface area contributed by atoms with E-state index in [1.165, 1.54) is 0 Å². The van der Waals surface area contributed by atoms with E-state index in [1.54, 1.807) is 6.20 Å². The lowest BCUT2D eigenvalue weighted by molar-refractivity contribution is 1.25. The predicted octanol–water partition coefficient (Wildman–Crippen LogP) is 3.79. The molecule has 0 aliphatic carbocycles. The van der Waals surface area contributed by atoms with Crippen molar-refractivity contribution in [2.45, 2.75) is 13.8 Å². The van der Waals surface area contributed by atoms with Gasteiger partial charge in [0.15, 0.2) is 0 Å². The minimum atomic E-state index is 0.681. The van der Waals surface area contributed by atoms with Gasteiger partial charge in [0.2, 0.25) is 0 Å². The number of nitrogens with zero attached hydrogens (tertiary/aromatic N) is 1. The Labute approximate surface area is 109 Å². The number of hydrogen-bond acceptors (Lipinski definition) is 3. The van der Waals surface area contributed by atoms with Crippen LogP contribution in [0.1, 0.15) is 11.1 Å². The van der Waals surface area contributed by atoms with Gasteiger partial charge in [-0.05, 0) is 49.2 Å². The highest BCUT2D eigenvalue weighted by Gasteiger charge is 2.03. The SMILES string of the molecule is Cc1cc(Br)ccc1Nc1ncc(N)cc1C. The highest BCUT2D eigenvalue weighted by Crippen LogP contribution is 2.24. The van der Waals surface area contributed by atoms with Crippen molar-refractivity contribution in [3.8, 4) is 0 Å². The summed E-state index contributed by atoms with van der Waals surface area (Å²) in [5.41, 5.74) is 9.60. The number of aryl methyl sites for hydroxylation is 2. The molecule has 2 aromatic rings. The van der Waals surface area contributed by atoms with Gasteiger partial charge in [-0.15, -0.1) is 0 Å². The van der Waals surface area contributed by atoms with Gasteiger partial charge in [-0.1, -0.05) is 15.9 Å². The van der Waals surface area contributed by atoms with Crippen molar-refractivity contribution in [2.24, 2.45) is 0 Å². The molecular weight excluding hydrogens is 278 g/mol. The van der Waals surface area contributed by atoms with Gasteiger partial charge in [-0.2, -0.15) is 0 Å². The summed E-state index contributed by atoms with van der Waals surface area (Å²) < 4.78 is 1.07. The second-order valence-corrected chi connectivity index (χ2v) is 4.93. The Balaban J connectivity index is 2.31. The van der Waals surface area contributed by atoms with E-state index in [9.17, 15) is 0 Å². The molecule has 1 heterocycles. The van der Waals surface area contributed by atoms with Crippen LogP contribution in [0.2, 0.25) is 0 Å². The third-order valence-corrected chi connectivity index (χ3v) is 3.03. The van der Waals surface area contributed by atoms with Gasteiger partial charge in [-0.3, -0.25) is 0 Å². The number of nitrogens with one attached hydrogen (secondary N) is 1. The monoisotopic (exact) mass is 291 g/mol. The van der Waals surface area contributed by atoms with Crippen molar-refractivity contribution in [1.29, 1.82) is 0 Å². The van der Waals surface area contributed by atoms with E-state index in [0.29, 0.717) is 5.69 Å². The minimum absolute atomic E-state index is 0.681. The number of aromatic nitrogens is 1. The van der Waals surface area contributed by atoms with E-state index in [-0.39, 0.29) is 0 Å². The molecule has 0 aliphatic heterocycles. The van der Waals surface area contributed by atoms with E-state index in [0.717, 1.165) is 27.1 Å². The fourth-order valence-corrected chi connectivity index (χ4v) is 2.10. The molecule has 3 N–H and O–H groups in total. The summed E-state index contributed by atoms with van der Waals surface area (Å²) in [5.74, 6) is 0.838. The fraction of sp³-hybridized carbons (Fsp3) is 0.154. The Hall–Kier alpha value is -1.55. The highest BCUT2D eigenvalue weighted by molar-refractivity contribution is 9.10. The predicted molar refractivity (Wildman–Crippen MR) is 75.5 cm³/mol. The Morgan fingerprint density at radius 3 is 2.59 bits per heavy atom. The lowest BCUT2D eigenvalue weighted by Crippen LogP contribution is -1.99. The van der Waals surface area contributed by atoms with Gasteiger partial charge in [0.1, 0.15) is 5.82 Å². The summed E-state index contributed by atoms with van der Waals surface area (Å²) in [4.78, 5) is 4.29. The number of nitrogens with two attached hydrogens (primary N) is 1. The van der Waals surface area contributed by atoms with E-state index in [1.807, 2.05) is 25.1 Å². The zero-order valence-corrected chi connectivity index (χ0v) is 11.4. The molecule has 0 aliphatic rings. The van der Waals surface area contributed by atoms with Crippen LogP contribution < -0.4 is 11.1 Å². The molecule has 0 radical (unpaired) electrons. The van der Waals surface area contributed by atoms with Crippen LogP contribution in [-0.4, -0.2) is 4.98 Å². The third-order valence-electron chi connectivity index (χ3n) is 2.54. The largest absolute Gasteiger partial charge is 0.397 e. The normalized spacial score (nSPS) is 10.3. The molecule has 0 saturated carbocycles. The van der Waals surface area contributed by atoms with Crippen LogP contribution in [0, 0.1) is 13.8 Å². The molecule has 17 heavy (non-hydrogen) atoms. The molecule has 3 nitrogen and oxygen atoms in total. The first kappa shape index (κ1) is 11.9. The molecule has 2 rings (SSSR count). The molecule has 0 amide bonds. The number of benzene rings is 1. The standard InChI is InChI=1S/C13H14BrN3/c1-8-5-10(14)3-4-12(8)17-13-9(2)6-11(15)7-16-13/h3-7H,15H2,1-2H3,(H,16,17). The average molecular weight is 292 g/mol. The summed E-state index contributed by atoms with van der Waals surface area (Å²) in [5, 5.41) is 3.31. The van der Waals surface area contributed by atoms with Crippen molar-refractivity contribution in [3.63, 3.8) is 0 Å². The Morgan fingerprint density at radius 1 is 1.18 bits per heavy atom.